The summed E-state index contributed by atoms with van der Waals surface area (Å²) in [5, 5.41) is 4.98. The van der Waals surface area contributed by atoms with E-state index in [4.69, 9.17) is 9.97 Å². The van der Waals surface area contributed by atoms with Gasteiger partial charge >= 0.3 is 0 Å². The number of rotatable bonds is 4. The van der Waals surface area contributed by atoms with Gasteiger partial charge in [-0.05, 0) is 29.7 Å². The highest BCUT2D eigenvalue weighted by atomic mass is 15.0. The Morgan fingerprint density at radius 1 is 0.415 bits per heavy atom. The minimum Gasteiger partial charge on any atom is -0.309 e. The van der Waals surface area contributed by atoms with Gasteiger partial charge in [0.05, 0.1) is 22.4 Å². The Bertz CT molecular complexity index is 2140. The third-order valence-corrected chi connectivity index (χ3v) is 7.79. The standard InChI is InChI=1S/C38H25N3/c1-3-13-27(14-4-1)34-25-35(40-38(39-34)28-15-5-2-6-16-28)29-17-11-18-30(24-29)41-36-21-10-9-20-32(36)33-23-22-26-12-7-8-19-31(26)37(33)41/h1-25H. The van der Waals surface area contributed by atoms with Crippen LogP contribution in [0.25, 0.3) is 72.2 Å². The zero-order valence-corrected chi connectivity index (χ0v) is 22.3. The molecule has 0 aliphatic rings. The molecule has 0 radical (unpaired) electrons. The van der Waals surface area contributed by atoms with Crippen molar-refractivity contribution in [2.24, 2.45) is 0 Å². The van der Waals surface area contributed by atoms with Crippen LogP contribution in [0.1, 0.15) is 0 Å². The van der Waals surface area contributed by atoms with E-state index in [2.05, 4.69) is 120 Å². The normalized spacial score (nSPS) is 11.4. The average Bonchev–Trinajstić information content (AvgIpc) is 3.40. The van der Waals surface area contributed by atoms with Gasteiger partial charge in [0, 0.05) is 38.5 Å². The smallest absolute Gasteiger partial charge is 0.160 e. The van der Waals surface area contributed by atoms with Crippen molar-refractivity contribution < 1.29 is 0 Å². The highest BCUT2D eigenvalue weighted by molar-refractivity contribution is 6.18. The highest BCUT2D eigenvalue weighted by Gasteiger charge is 2.16. The summed E-state index contributed by atoms with van der Waals surface area (Å²) in [4.78, 5) is 10.0. The van der Waals surface area contributed by atoms with E-state index < -0.39 is 0 Å². The molecule has 8 rings (SSSR count). The lowest BCUT2D eigenvalue weighted by Crippen LogP contribution is -1.98. The molecule has 2 heterocycles. The molecule has 41 heavy (non-hydrogen) atoms. The Morgan fingerprint density at radius 3 is 1.85 bits per heavy atom. The Hall–Kier alpha value is -5.54. The van der Waals surface area contributed by atoms with Crippen molar-refractivity contribution in [3.8, 4) is 39.6 Å². The van der Waals surface area contributed by atoms with Crippen molar-refractivity contribution in [3.63, 3.8) is 0 Å². The number of benzene rings is 6. The maximum atomic E-state index is 5.08. The van der Waals surface area contributed by atoms with Crippen molar-refractivity contribution in [1.82, 2.24) is 14.5 Å². The molecule has 0 spiro atoms. The molecule has 0 bridgehead atoms. The Labute approximate surface area is 238 Å². The summed E-state index contributed by atoms with van der Waals surface area (Å²) in [5.74, 6) is 0.718. The van der Waals surface area contributed by atoms with Crippen LogP contribution < -0.4 is 0 Å². The fourth-order valence-corrected chi connectivity index (χ4v) is 5.87. The van der Waals surface area contributed by atoms with Gasteiger partial charge in [-0.3, -0.25) is 0 Å². The quantitative estimate of drug-likeness (QED) is 0.230. The van der Waals surface area contributed by atoms with Gasteiger partial charge in [0.2, 0.25) is 0 Å². The molecule has 6 aromatic carbocycles. The molecule has 0 amide bonds. The molecule has 0 N–H and O–H groups in total. The van der Waals surface area contributed by atoms with Gasteiger partial charge in [-0.2, -0.15) is 0 Å². The molecular weight excluding hydrogens is 498 g/mol. The number of nitrogens with zero attached hydrogens (tertiary/aromatic N) is 3. The van der Waals surface area contributed by atoms with Crippen molar-refractivity contribution in [3.05, 3.63) is 152 Å². The largest absolute Gasteiger partial charge is 0.309 e. The molecule has 0 unspecified atom stereocenters. The van der Waals surface area contributed by atoms with Gasteiger partial charge in [0.1, 0.15) is 0 Å². The second-order valence-corrected chi connectivity index (χ2v) is 10.3. The molecule has 0 saturated carbocycles. The summed E-state index contributed by atoms with van der Waals surface area (Å²) >= 11 is 0. The molecule has 3 nitrogen and oxygen atoms in total. The van der Waals surface area contributed by atoms with Gasteiger partial charge in [-0.1, -0.05) is 127 Å². The van der Waals surface area contributed by atoms with Crippen LogP contribution in [0.2, 0.25) is 0 Å². The minimum absolute atomic E-state index is 0.718. The van der Waals surface area contributed by atoms with Crippen molar-refractivity contribution in [2.75, 3.05) is 0 Å². The molecule has 2 aromatic heterocycles. The summed E-state index contributed by atoms with van der Waals surface area (Å²) in [7, 11) is 0. The zero-order valence-electron chi connectivity index (χ0n) is 22.3. The SMILES string of the molecule is c1ccc(-c2cc(-c3cccc(-n4c5ccccc5c5ccc6ccccc6c54)c3)nc(-c3ccccc3)n2)cc1. The van der Waals surface area contributed by atoms with Crippen LogP contribution in [0.5, 0.6) is 0 Å². The van der Waals surface area contributed by atoms with Crippen LogP contribution in [0.4, 0.5) is 0 Å². The van der Waals surface area contributed by atoms with Gasteiger partial charge in [0.15, 0.2) is 5.82 Å². The van der Waals surface area contributed by atoms with E-state index in [9.17, 15) is 0 Å². The molecule has 0 saturated heterocycles. The molecule has 0 fully saturated rings. The predicted octanol–water partition coefficient (Wildman–Crippen LogP) is 9.73. The van der Waals surface area contributed by atoms with Gasteiger partial charge in [-0.25, -0.2) is 9.97 Å². The van der Waals surface area contributed by atoms with E-state index in [1.165, 1.54) is 32.6 Å². The van der Waals surface area contributed by atoms with Crippen LogP contribution >= 0.6 is 0 Å². The van der Waals surface area contributed by atoms with E-state index in [1.807, 2.05) is 36.4 Å². The summed E-state index contributed by atoms with van der Waals surface area (Å²) < 4.78 is 2.40. The lowest BCUT2D eigenvalue weighted by molar-refractivity contribution is 1.17. The second-order valence-electron chi connectivity index (χ2n) is 10.3. The number of hydrogen-bond acceptors (Lipinski definition) is 2. The molecule has 0 atom stereocenters. The average molecular weight is 524 g/mol. The maximum Gasteiger partial charge on any atom is 0.160 e. The topological polar surface area (TPSA) is 30.7 Å². The van der Waals surface area contributed by atoms with E-state index in [-0.39, 0.29) is 0 Å². The first kappa shape index (κ1) is 23.4. The first-order chi connectivity index (χ1) is 20.3. The fourth-order valence-electron chi connectivity index (χ4n) is 5.87. The number of para-hydroxylation sites is 1. The number of aromatic nitrogens is 3. The monoisotopic (exact) mass is 523 g/mol. The minimum atomic E-state index is 0.718. The molecule has 0 aliphatic carbocycles. The Balaban J connectivity index is 1.37. The Kier molecular flexibility index (Phi) is 5.46. The lowest BCUT2D eigenvalue weighted by atomic mass is 10.1. The molecule has 8 aromatic rings. The van der Waals surface area contributed by atoms with Crippen molar-refractivity contribution >= 4 is 32.6 Å². The first-order valence-electron chi connectivity index (χ1n) is 13.9. The highest BCUT2D eigenvalue weighted by Crippen LogP contribution is 2.37. The summed E-state index contributed by atoms with van der Waals surface area (Å²) in [6.45, 7) is 0. The fraction of sp³-hybridized carbons (Fsp3) is 0. The van der Waals surface area contributed by atoms with E-state index >= 15 is 0 Å². The molecule has 192 valence electrons. The lowest BCUT2D eigenvalue weighted by Gasteiger charge is -2.13. The number of hydrogen-bond donors (Lipinski definition) is 0. The van der Waals surface area contributed by atoms with Gasteiger partial charge in [0.25, 0.3) is 0 Å². The third-order valence-electron chi connectivity index (χ3n) is 7.79. The van der Waals surface area contributed by atoms with Gasteiger partial charge < -0.3 is 4.57 Å². The summed E-state index contributed by atoms with van der Waals surface area (Å²) in [6, 6.07) is 53.1. The summed E-state index contributed by atoms with van der Waals surface area (Å²) in [6.07, 6.45) is 0. The first-order valence-corrected chi connectivity index (χ1v) is 13.9. The third kappa shape index (κ3) is 3.98. The second kappa shape index (κ2) is 9.58. The van der Waals surface area contributed by atoms with E-state index in [1.54, 1.807) is 0 Å². The van der Waals surface area contributed by atoms with Crippen LogP contribution in [-0.2, 0) is 0 Å². The van der Waals surface area contributed by atoms with Crippen LogP contribution in [-0.4, -0.2) is 14.5 Å². The molecule has 3 heteroatoms. The van der Waals surface area contributed by atoms with Crippen LogP contribution in [0.3, 0.4) is 0 Å². The maximum absolute atomic E-state index is 5.08. The van der Waals surface area contributed by atoms with E-state index in [0.29, 0.717) is 0 Å². The predicted molar refractivity (Wildman–Crippen MR) is 170 cm³/mol. The number of fused-ring (bicyclic) bond motifs is 5. The van der Waals surface area contributed by atoms with E-state index in [0.717, 1.165) is 39.6 Å². The summed E-state index contributed by atoms with van der Waals surface area (Å²) in [5.41, 5.74) is 8.42. The van der Waals surface area contributed by atoms with Crippen LogP contribution in [0.15, 0.2) is 152 Å². The Morgan fingerprint density at radius 2 is 1.05 bits per heavy atom. The zero-order chi connectivity index (χ0) is 27.2. The molecular formula is C38H25N3. The van der Waals surface area contributed by atoms with Crippen molar-refractivity contribution in [2.45, 2.75) is 0 Å². The van der Waals surface area contributed by atoms with Crippen LogP contribution in [0, 0.1) is 0 Å². The molecule has 0 aliphatic heterocycles. The van der Waals surface area contributed by atoms with Crippen molar-refractivity contribution in [1.29, 1.82) is 0 Å². The van der Waals surface area contributed by atoms with Gasteiger partial charge in [-0.15, -0.1) is 0 Å².